The fourth-order valence-electron chi connectivity index (χ4n) is 2.93. The van der Waals surface area contributed by atoms with Gasteiger partial charge in [-0.1, -0.05) is 0 Å². The third kappa shape index (κ3) is 5.02. The Bertz CT molecular complexity index is 889. The minimum Gasteiger partial charge on any atom is -0.347 e. The van der Waals surface area contributed by atoms with Crippen molar-refractivity contribution in [2.75, 3.05) is 37.0 Å². The van der Waals surface area contributed by atoms with Gasteiger partial charge in [0.2, 0.25) is 17.8 Å². The Morgan fingerprint density at radius 2 is 1.93 bits per heavy atom. The van der Waals surface area contributed by atoms with Crippen LogP contribution in [-0.2, 0) is 17.9 Å². The van der Waals surface area contributed by atoms with E-state index < -0.39 is 0 Å². The lowest BCUT2D eigenvalue weighted by molar-refractivity contribution is -0.121. The van der Waals surface area contributed by atoms with Gasteiger partial charge in [-0.05, 0) is 26.2 Å². The molecule has 1 aliphatic rings. The molecule has 1 saturated heterocycles. The van der Waals surface area contributed by atoms with Gasteiger partial charge in [-0.25, -0.2) is 4.98 Å². The average Bonchev–Trinajstić information content (AvgIpc) is 2.69. The van der Waals surface area contributed by atoms with Crippen molar-refractivity contribution >= 4 is 17.8 Å². The van der Waals surface area contributed by atoms with E-state index in [1.54, 1.807) is 6.92 Å². The number of carbonyl (C=O) groups is 1. The first-order valence-electron chi connectivity index (χ1n) is 9.39. The number of nitrogens with one attached hydrogen (secondary N) is 1. The molecule has 28 heavy (non-hydrogen) atoms. The van der Waals surface area contributed by atoms with Crippen LogP contribution in [0.25, 0.3) is 0 Å². The molecule has 0 bridgehead atoms. The molecule has 0 saturated carbocycles. The summed E-state index contributed by atoms with van der Waals surface area (Å²) in [5.41, 5.74) is 0.360. The minimum absolute atomic E-state index is 0.100. The van der Waals surface area contributed by atoms with Crippen molar-refractivity contribution in [3.63, 3.8) is 0 Å². The molecule has 1 aliphatic heterocycles. The van der Waals surface area contributed by atoms with Gasteiger partial charge < -0.3 is 15.1 Å². The molecular weight excluding hydrogens is 360 g/mol. The summed E-state index contributed by atoms with van der Waals surface area (Å²) in [6.07, 6.45) is 4.83. The predicted octanol–water partition coefficient (Wildman–Crippen LogP) is 0.109. The van der Waals surface area contributed by atoms with Crippen LogP contribution in [0.2, 0.25) is 0 Å². The van der Waals surface area contributed by atoms with E-state index in [0.29, 0.717) is 23.4 Å². The number of amides is 1. The van der Waals surface area contributed by atoms with Gasteiger partial charge in [-0.2, -0.15) is 15.0 Å². The van der Waals surface area contributed by atoms with E-state index in [-0.39, 0.29) is 24.6 Å². The van der Waals surface area contributed by atoms with E-state index in [9.17, 15) is 9.59 Å². The van der Waals surface area contributed by atoms with Crippen LogP contribution in [0, 0.1) is 6.92 Å². The lowest BCUT2D eigenvalue weighted by Gasteiger charge is -2.27. The molecule has 0 spiro atoms. The quantitative estimate of drug-likeness (QED) is 0.745. The van der Waals surface area contributed by atoms with Crippen LogP contribution in [0.15, 0.2) is 17.2 Å². The summed E-state index contributed by atoms with van der Waals surface area (Å²) in [7, 11) is 3.74. The van der Waals surface area contributed by atoms with Gasteiger partial charge in [0.25, 0.3) is 5.56 Å². The normalized spacial score (nSPS) is 14.0. The first kappa shape index (κ1) is 19.7. The Morgan fingerprint density at radius 1 is 1.18 bits per heavy atom. The molecule has 2 aromatic rings. The largest absolute Gasteiger partial charge is 0.347 e. The monoisotopic (exact) mass is 386 g/mol. The summed E-state index contributed by atoms with van der Waals surface area (Å²) in [5, 5.41) is 2.77. The number of piperidine rings is 1. The second-order valence-electron chi connectivity index (χ2n) is 7.07. The van der Waals surface area contributed by atoms with E-state index in [1.165, 1.54) is 23.4 Å². The Hall–Kier alpha value is -3.04. The maximum atomic E-state index is 12.2. The van der Waals surface area contributed by atoms with Gasteiger partial charge in [-0.15, -0.1) is 0 Å². The highest BCUT2D eigenvalue weighted by Crippen LogP contribution is 2.17. The molecule has 3 heterocycles. The predicted molar refractivity (Wildman–Crippen MR) is 105 cm³/mol. The van der Waals surface area contributed by atoms with E-state index in [0.717, 1.165) is 25.9 Å². The van der Waals surface area contributed by atoms with Crippen molar-refractivity contribution in [2.45, 2.75) is 39.3 Å². The Morgan fingerprint density at radius 3 is 2.61 bits per heavy atom. The maximum Gasteiger partial charge on any atom is 0.253 e. The number of nitrogens with zero attached hydrogens (tertiary/aromatic N) is 7. The molecule has 0 unspecified atom stereocenters. The molecule has 0 atom stereocenters. The zero-order valence-corrected chi connectivity index (χ0v) is 16.6. The van der Waals surface area contributed by atoms with Crippen LogP contribution in [0.4, 0.5) is 11.9 Å². The van der Waals surface area contributed by atoms with E-state index >= 15 is 0 Å². The van der Waals surface area contributed by atoms with Crippen LogP contribution in [0.1, 0.15) is 30.8 Å². The zero-order valence-electron chi connectivity index (χ0n) is 16.6. The SMILES string of the molecule is Cc1cc(=O)n(CC(=O)NCc2nc(N(C)C)nc(N3CCCCC3)n2)cn1. The van der Waals surface area contributed by atoms with Crippen LogP contribution in [0.5, 0.6) is 0 Å². The number of hydrogen-bond donors (Lipinski definition) is 1. The van der Waals surface area contributed by atoms with Crippen molar-refractivity contribution in [3.05, 3.63) is 34.3 Å². The standard InChI is InChI=1S/C18H26N8O2/c1-13-9-16(28)26(12-20-13)11-15(27)19-10-14-21-17(24(2)3)23-18(22-14)25-7-5-4-6-8-25/h9,12H,4-8,10-11H2,1-3H3,(H,19,27). The first-order valence-corrected chi connectivity index (χ1v) is 9.39. The molecule has 1 amide bonds. The van der Waals surface area contributed by atoms with E-state index in [1.807, 2.05) is 19.0 Å². The molecule has 0 aliphatic carbocycles. The fourth-order valence-corrected chi connectivity index (χ4v) is 2.93. The van der Waals surface area contributed by atoms with E-state index in [4.69, 9.17) is 0 Å². The van der Waals surface area contributed by atoms with Crippen LogP contribution in [0.3, 0.4) is 0 Å². The lowest BCUT2D eigenvalue weighted by Crippen LogP contribution is -2.34. The van der Waals surface area contributed by atoms with Gasteiger partial charge in [-0.3, -0.25) is 14.2 Å². The number of hydrogen-bond acceptors (Lipinski definition) is 8. The maximum absolute atomic E-state index is 12.2. The molecule has 150 valence electrons. The van der Waals surface area contributed by atoms with Crippen LogP contribution < -0.4 is 20.7 Å². The van der Waals surface area contributed by atoms with Crippen molar-refractivity contribution in [1.82, 2.24) is 29.8 Å². The molecule has 3 rings (SSSR count). The molecule has 2 aromatic heterocycles. The highest BCUT2D eigenvalue weighted by molar-refractivity contribution is 5.75. The van der Waals surface area contributed by atoms with Gasteiger partial charge in [0.05, 0.1) is 12.9 Å². The zero-order chi connectivity index (χ0) is 20.1. The second kappa shape index (κ2) is 8.77. The van der Waals surface area contributed by atoms with Crippen molar-refractivity contribution < 1.29 is 4.79 Å². The second-order valence-corrected chi connectivity index (χ2v) is 7.07. The van der Waals surface area contributed by atoms with Crippen molar-refractivity contribution in [3.8, 4) is 0 Å². The third-order valence-electron chi connectivity index (χ3n) is 4.47. The number of aryl methyl sites for hydroxylation is 1. The molecule has 10 nitrogen and oxygen atoms in total. The van der Waals surface area contributed by atoms with Crippen LogP contribution in [-0.4, -0.2) is 57.6 Å². The molecule has 1 N–H and O–H groups in total. The summed E-state index contributed by atoms with van der Waals surface area (Å²) in [5.74, 6) is 1.38. The molecule has 0 aromatic carbocycles. The first-order chi connectivity index (χ1) is 13.4. The Kier molecular flexibility index (Phi) is 6.17. The number of anilines is 2. The smallest absolute Gasteiger partial charge is 0.253 e. The number of aromatic nitrogens is 5. The van der Waals surface area contributed by atoms with Crippen LogP contribution >= 0.6 is 0 Å². The fraction of sp³-hybridized carbons (Fsp3) is 0.556. The summed E-state index contributed by atoms with van der Waals surface area (Å²) < 4.78 is 1.26. The topological polar surface area (TPSA) is 109 Å². The number of rotatable bonds is 6. The highest BCUT2D eigenvalue weighted by atomic mass is 16.2. The highest BCUT2D eigenvalue weighted by Gasteiger charge is 2.17. The van der Waals surface area contributed by atoms with Gasteiger partial charge in [0, 0.05) is 38.9 Å². The molecule has 10 heteroatoms. The minimum atomic E-state index is -0.306. The third-order valence-corrected chi connectivity index (χ3v) is 4.47. The van der Waals surface area contributed by atoms with E-state index in [2.05, 4.69) is 30.2 Å². The average molecular weight is 386 g/mol. The molecule has 0 radical (unpaired) electrons. The number of carbonyl (C=O) groups excluding carboxylic acids is 1. The van der Waals surface area contributed by atoms with Gasteiger partial charge in [0.15, 0.2) is 5.82 Å². The molecule has 1 fully saturated rings. The summed E-state index contributed by atoms with van der Waals surface area (Å²) in [6.45, 7) is 3.64. The lowest BCUT2D eigenvalue weighted by atomic mass is 10.1. The van der Waals surface area contributed by atoms with Crippen molar-refractivity contribution in [2.24, 2.45) is 0 Å². The summed E-state index contributed by atoms with van der Waals surface area (Å²) >= 11 is 0. The Labute approximate surface area is 163 Å². The van der Waals surface area contributed by atoms with Crippen molar-refractivity contribution in [1.29, 1.82) is 0 Å². The summed E-state index contributed by atoms with van der Waals surface area (Å²) in [6, 6.07) is 1.40. The Balaban J connectivity index is 1.69. The molecular formula is C18H26N8O2. The van der Waals surface area contributed by atoms with Gasteiger partial charge in [0.1, 0.15) is 6.54 Å². The summed E-state index contributed by atoms with van der Waals surface area (Å²) in [4.78, 5) is 45.6. The van der Waals surface area contributed by atoms with Gasteiger partial charge >= 0.3 is 0 Å².